The van der Waals surface area contributed by atoms with Crippen LogP contribution in [0.1, 0.15) is 11.1 Å². The molecule has 2 aromatic carbocycles. The molecule has 0 spiro atoms. The fourth-order valence-electron chi connectivity index (χ4n) is 3.58. The molecule has 2 heterocycles. The second-order valence-corrected chi connectivity index (χ2v) is 9.20. The number of hydrogen-bond acceptors (Lipinski definition) is 6. The molecule has 32 heavy (non-hydrogen) atoms. The van der Waals surface area contributed by atoms with Gasteiger partial charge in [-0.3, -0.25) is 4.98 Å². The zero-order valence-corrected chi connectivity index (χ0v) is 18.7. The van der Waals surface area contributed by atoms with Crippen molar-refractivity contribution in [3.05, 3.63) is 78.0 Å². The van der Waals surface area contributed by atoms with E-state index in [1.54, 1.807) is 26.4 Å². The van der Waals surface area contributed by atoms with Crippen LogP contribution in [0.2, 0.25) is 0 Å². The number of methoxy groups -OCH3 is 1. The minimum atomic E-state index is -4.06. The van der Waals surface area contributed by atoms with Crippen LogP contribution in [0.3, 0.4) is 0 Å². The van der Waals surface area contributed by atoms with Gasteiger partial charge in [-0.05, 0) is 55.4 Å². The maximum absolute atomic E-state index is 13.7. The summed E-state index contributed by atoms with van der Waals surface area (Å²) in [5.74, 6) is -0.0402. The maximum atomic E-state index is 13.7. The number of aromatic nitrogens is 2. The quantitative estimate of drug-likeness (QED) is 0.436. The lowest BCUT2D eigenvalue weighted by molar-refractivity contribution is 0.416. The summed E-state index contributed by atoms with van der Waals surface area (Å²) >= 11 is 0. The molecule has 0 unspecified atom stereocenters. The number of nitrogens with zero attached hydrogens (tertiary/aromatic N) is 2. The summed E-state index contributed by atoms with van der Waals surface area (Å²) in [5, 5.41) is 7.11. The first-order valence-corrected chi connectivity index (χ1v) is 11.3. The first-order chi connectivity index (χ1) is 15.3. The van der Waals surface area contributed by atoms with E-state index in [9.17, 15) is 12.8 Å². The van der Waals surface area contributed by atoms with Crippen molar-refractivity contribution in [3.63, 3.8) is 0 Å². The Morgan fingerprint density at radius 2 is 1.94 bits per heavy atom. The van der Waals surface area contributed by atoms with E-state index in [4.69, 9.17) is 4.74 Å². The van der Waals surface area contributed by atoms with Crippen molar-refractivity contribution in [2.45, 2.75) is 18.4 Å². The van der Waals surface area contributed by atoms with E-state index in [0.29, 0.717) is 23.5 Å². The first kappa shape index (κ1) is 21.8. The Balaban J connectivity index is 1.85. The van der Waals surface area contributed by atoms with Gasteiger partial charge in [0, 0.05) is 30.0 Å². The van der Waals surface area contributed by atoms with Gasteiger partial charge in [0.1, 0.15) is 16.5 Å². The Morgan fingerprint density at radius 3 is 2.66 bits per heavy atom. The number of anilines is 2. The van der Waals surface area contributed by atoms with E-state index in [0.717, 1.165) is 40.7 Å². The number of halogens is 1. The summed E-state index contributed by atoms with van der Waals surface area (Å²) in [5.41, 5.74) is 3.76. The van der Waals surface area contributed by atoms with Crippen LogP contribution in [0.5, 0.6) is 5.75 Å². The normalized spacial score (nSPS) is 11.6. The molecule has 0 atom stereocenters. The Hall–Kier alpha value is -3.43. The summed E-state index contributed by atoms with van der Waals surface area (Å²) in [4.78, 5) is 3.47. The number of ether oxygens (including phenoxy) is 1. The molecule has 4 rings (SSSR count). The molecule has 0 aliphatic rings. The number of pyridine rings is 1. The average molecular weight is 455 g/mol. The third kappa shape index (κ3) is 4.04. The molecule has 0 fully saturated rings. The van der Waals surface area contributed by atoms with Crippen molar-refractivity contribution in [3.8, 4) is 5.75 Å². The Morgan fingerprint density at radius 1 is 1.12 bits per heavy atom. The van der Waals surface area contributed by atoms with Gasteiger partial charge in [-0.2, -0.15) is 0 Å². The monoisotopic (exact) mass is 454 g/mol. The van der Waals surface area contributed by atoms with Gasteiger partial charge in [0.25, 0.3) is 10.0 Å². The van der Waals surface area contributed by atoms with Gasteiger partial charge >= 0.3 is 0 Å². The van der Waals surface area contributed by atoms with Crippen LogP contribution < -0.4 is 15.4 Å². The minimum absolute atomic E-state index is 0.219. The fraction of sp³-hybridized carbons (Fsp3) is 0.174. The lowest BCUT2D eigenvalue weighted by Gasteiger charge is -2.13. The lowest BCUT2D eigenvalue weighted by atomic mass is 10.1. The number of aryl methyl sites for hydroxylation is 1. The summed E-state index contributed by atoms with van der Waals surface area (Å²) in [7, 11) is -0.679. The predicted octanol–water partition coefficient (Wildman–Crippen LogP) is 4.19. The van der Waals surface area contributed by atoms with Gasteiger partial charge < -0.3 is 15.4 Å². The number of fused-ring (bicyclic) bond motifs is 1. The molecule has 0 aliphatic heterocycles. The number of hydrogen-bond donors (Lipinski definition) is 2. The van der Waals surface area contributed by atoms with E-state index < -0.39 is 15.8 Å². The first-order valence-electron chi connectivity index (χ1n) is 9.90. The molecule has 2 N–H and O–H groups in total. The standard InChI is InChI=1S/C23H23FN4O3S/c1-15-4-7-21(23(8-15)31-3)27-18-5-6-20-16(11-25-2)14-28(22(20)10-18)32(29,30)19-9-17(24)12-26-13-19/h4-10,12-14,25,27H,11H2,1-3H3. The second-order valence-electron chi connectivity index (χ2n) is 7.39. The van der Waals surface area contributed by atoms with Crippen molar-refractivity contribution < 1.29 is 17.5 Å². The van der Waals surface area contributed by atoms with Crippen LogP contribution in [-0.2, 0) is 16.6 Å². The van der Waals surface area contributed by atoms with E-state index in [1.807, 2.05) is 37.3 Å². The molecule has 0 bridgehead atoms. The summed E-state index contributed by atoms with van der Waals surface area (Å²) < 4.78 is 47.0. The number of rotatable bonds is 7. The molecule has 0 saturated carbocycles. The van der Waals surface area contributed by atoms with Gasteiger partial charge in [-0.15, -0.1) is 0 Å². The van der Waals surface area contributed by atoms with Crippen LogP contribution in [0.25, 0.3) is 10.9 Å². The third-order valence-corrected chi connectivity index (χ3v) is 6.73. The molecule has 0 amide bonds. The fourth-order valence-corrected chi connectivity index (χ4v) is 4.94. The van der Waals surface area contributed by atoms with Crippen LogP contribution in [0, 0.1) is 12.7 Å². The van der Waals surface area contributed by atoms with E-state index in [1.165, 1.54) is 3.97 Å². The van der Waals surface area contributed by atoms with Gasteiger partial charge in [0.2, 0.25) is 0 Å². The van der Waals surface area contributed by atoms with Crippen LogP contribution >= 0.6 is 0 Å². The zero-order chi connectivity index (χ0) is 22.9. The smallest absolute Gasteiger partial charge is 0.269 e. The molecule has 2 aromatic heterocycles. The second kappa shape index (κ2) is 8.60. The molecule has 0 aliphatic carbocycles. The molecular formula is C23H23FN4O3S. The number of benzene rings is 2. The van der Waals surface area contributed by atoms with Crippen LogP contribution in [0.4, 0.5) is 15.8 Å². The minimum Gasteiger partial charge on any atom is -0.495 e. The third-order valence-electron chi connectivity index (χ3n) is 5.09. The van der Waals surface area contributed by atoms with Gasteiger partial charge in [0.05, 0.1) is 24.5 Å². The molecule has 9 heteroatoms. The largest absolute Gasteiger partial charge is 0.495 e. The van der Waals surface area contributed by atoms with Crippen molar-refractivity contribution in [1.29, 1.82) is 0 Å². The van der Waals surface area contributed by atoms with Gasteiger partial charge in [-0.25, -0.2) is 16.8 Å². The predicted molar refractivity (Wildman–Crippen MR) is 122 cm³/mol. The van der Waals surface area contributed by atoms with E-state index in [2.05, 4.69) is 15.6 Å². The highest BCUT2D eigenvalue weighted by atomic mass is 32.2. The van der Waals surface area contributed by atoms with Crippen LogP contribution in [0.15, 0.2) is 66.0 Å². The van der Waals surface area contributed by atoms with E-state index in [-0.39, 0.29) is 4.90 Å². The molecular weight excluding hydrogens is 431 g/mol. The van der Waals surface area contributed by atoms with Crippen molar-refractivity contribution >= 4 is 32.3 Å². The lowest BCUT2D eigenvalue weighted by Crippen LogP contribution is -2.13. The molecule has 0 radical (unpaired) electrons. The highest BCUT2D eigenvalue weighted by Gasteiger charge is 2.22. The van der Waals surface area contributed by atoms with Crippen molar-refractivity contribution in [1.82, 2.24) is 14.3 Å². The summed E-state index contributed by atoms with van der Waals surface area (Å²) in [6, 6.07) is 12.2. The van der Waals surface area contributed by atoms with Crippen LogP contribution in [-0.4, -0.2) is 31.5 Å². The molecule has 7 nitrogen and oxygen atoms in total. The topological polar surface area (TPSA) is 85.2 Å². The van der Waals surface area contributed by atoms with Crippen molar-refractivity contribution in [2.75, 3.05) is 19.5 Å². The molecule has 0 saturated heterocycles. The Bertz CT molecular complexity index is 1400. The molecule has 4 aromatic rings. The highest BCUT2D eigenvalue weighted by Crippen LogP contribution is 2.32. The zero-order valence-electron chi connectivity index (χ0n) is 17.9. The van der Waals surface area contributed by atoms with E-state index >= 15 is 0 Å². The SMILES string of the molecule is CNCc1cn(S(=O)(=O)c2cncc(F)c2)c2cc(Nc3ccc(C)cc3OC)ccc12. The number of nitrogens with one attached hydrogen (secondary N) is 2. The Kier molecular flexibility index (Phi) is 5.86. The van der Waals surface area contributed by atoms with Gasteiger partial charge in [0.15, 0.2) is 0 Å². The van der Waals surface area contributed by atoms with Gasteiger partial charge in [-0.1, -0.05) is 12.1 Å². The summed E-state index contributed by atoms with van der Waals surface area (Å²) in [6.45, 7) is 2.44. The van der Waals surface area contributed by atoms with Crippen molar-refractivity contribution in [2.24, 2.45) is 0 Å². The average Bonchev–Trinajstić information content (AvgIpc) is 3.14. The Labute approximate surface area is 185 Å². The highest BCUT2D eigenvalue weighted by molar-refractivity contribution is 7.90. The summed E-state index contributed by atoms with van der Waals surface area (Å²) in [6.07, 6.45) is 3.66. The molecule has 166 valence electrons. The maximum Gasteiger partial charge on any atom is 0.269 e.